The van der Waals surface area contributed by atoms with E-state index < -0.39 is 0 Å². The van der Waals surface area contributed by atoms with Gasteiger partial charge >= 0.3 is 0 Å². The molecule has 0 radical (unpaired) electrons. The van der Waals surface area contributed by atoms with Crippen molar-refractivity contribution in [1.82, 2.24) is 9.80 Å². The Bertz CT molecular complexity index is 664. The third kappa shape index (κ3) is 4.93. The van der Waals surface area contributed by atoms with E-state index in [0.29, 0.717) is 0 Å². The summed E-state index contributed by atoms with van der Waals surface area (Å²) in [5, 5.41) is 9.63. The molecule has 0 amide bonds. The number of hydrogen-bond acceptors (Lipinski definition) is 3. The van der Waals surface area contributed by atoms with Crippen molar-refractivity contribution in [1.29, 1.82) is 0 Å². The van der Waals surface area contributed by atoms with Crippen LogP contribution >= 0.6 is 11.6 Å². The summed E-state index contributed by atoms with van der Waals surface area (Å²) in [6.07, 6.45) is 3.86. The van der Waals surface area contributed by atoms with E-state index in [4.69, 9.17) is 16.7 Å². The Morgan fingerprint density at radius 2 is 1.52 bits per heavy atom. The fourth-order valence-electron chi connectivity index (χ4n) is 3.40. The van der Waals surface area contributed by atoms with Crippen molar-refractivity contribution in [2.45, 2.75) is 6.04 Å². The Balaban J connectivity index is 1.75. The van der Waals surface area contributed by atoms with Gasteiger partial charge in [-0.15, -0.1) is 0 Å². The average molecular weight is 357 g/mol. The first-order chi connectivity index (χ1) is 12.3. The van der Waals surface area contributed by atoms with Gasteiger partial charge in [0.15, 0.2) is 0 Å². The predicted octanol–water partition coefficient (Wildman–Crippen LogP) is 3.60. The molecule has 1 heterocycles. The second-order valence-corrected chi connectivity index (χ2v) is 6.79. The molecule has 2 aromatic rings. The van der Waals surface area contributed by atoms with Crippen LogP contribution in [0.2, 0.25) is 5.02 Å². The van der Waals surface area contributed by atoms with Gasteiger partial charge in [-0.25, -0.2) is 0 Å². The molecule has 1 atom stereocenters. The summed E-state index contributed by atoms with van der Waals surface area (Å²) in [7, 11) is 0. The highest BCUT2D eigenvalue weighted by molar-refractivity contribution is 6.30. The van der Waals surface area contributed by atoms with E-state index in [1.54, 1.807) is 0 Å². The first kappa shape index (κ1) is 18.2. The molecular weight excluding hydrogens is 332 g/mol. The molecule has 3 nitrogen and oxygen atoms in total. The number of piperazine rings is 1. The van der Waals surface area contributed by atoms with Crippen molar-refractivity contribution in [3.63, 3.8) is 0 Å². The van der Waals surface area contributed by atoms with E-state index in [1.165, 1.54) is 11.1 Å². The fraction of sp³-hybridized carbons (Fsp3) is 0.333. The van der Waals surface area contributed by atoms with Crippen LogP contribution in [0.1, 0.15) is 17.2 Å². The van der Waals surface area contributed by atoms with Gasteiger partial charge < -0.3 is 5.11 Å². The van der Waals surface area contributed by atoms with Crippen molar-refractivity contribution in [2.24, 2.45) is 0 Å². The van der Waals surface area contributed by atoms with Crippen LogP contribution in [0.25, 0.3) is 0 Å². The SMILES string of the molecule is OC/C=C\CN1CCN([C@H](c2ccccc2)c2ccc(Cl)cc2)CC1. The second kappa shape index (κ2) is 9.16. The summed E-state index contributed by atoms with van der Waals surface area (Å²) in [5.41, 5.74) is 2.60. The van der Waals surface area contributed by atoms with E-state index in [2.05, 4.69) is 52.3 Å². The Morgan fingerprint density at radius 1 is 0.880 bits per heavy atom. The molecule has 25 heavy (non-hydrogen) atoms. The minimum atomic E-state index is 0.118. The monoisotopic (exact) mass is 356 g/mol. The molecule has 2 aromatic carbocycles. The maximum atomic E-state index is 8.86. The maximum Gasteiger partial charge on any atom is 0.0612 e. The van der Waals surface area contributed by atoms with E-state index in [9.17, 15) is 0 Å². The van der Waals surface area contributed by atoms with E-state index in [1.807, 2.05) is 24.3 Å². The van der Waals surface area contributed by atoms with Crippen LogP contribution in [0.3, 0.4) is 0 Å². The normalized spacial score (nSPS) is 17.8. The molecule has 0 bridgehead atoms. The second-order valence-electron chi connectivity index (χ2n) is 6.36. The number of aliphatic hydroxyl groups excluding tert-OH is 1. The molecule has 1 aliphatic heterocycles. The molecule has 3 rings (SSSR count). The zero-order valence-electron chi connectivity index (χ0n) is 14.4. The van der Waals surface area contributed by atoms with Gasteiger partial charge in [0, 0.05) is 37.7 Å². The minimum absolute atomic E-state index is 0.118. The highest BCUT2D eigenvalue weighted by Crippen LogP contribution is 2.30. The number of nitrogens with zero attached hydrogens (tertiary/aromatic N) is 2. The number of rotatable bonds is 6. The molecule has 0 aliphatic carbocycles. The molecule has 4 heteroatoms. The van der Waals surface area contributed by atoms with Crippen LogP contribution in [-0.4, -0.2) is 54.2 Å². The van der Waals surface area contributed by atoms with Gasteiger partial charge in [-0.05, 0) is 23.3 Å². The van der Waals surface area contributed by atoms with Crippen LogP contribution in [0.4, 0.5) is 0 Å². The van der Waals surface area contributed by atoms with Crippen molar-refractivity contribution in [3.8, 4) is 0 Å². The topological polar surface area (TPSA) is 26.7 Å². The zero-order valence-corrected chi connectivity index (χ0v) is 15.1. The first-order valence-electron chi connectivity index (χ1n) is 8.80. The van der Waals surface area contributed by atoms with Gasteiger partial charge in [0.2, 0.25) is 0 Å². The molecule has 1 saturated heterocycles. The molecule has 1 fully saturated rings. The number of hydrogen-bond donors (Lipinski definition) is 1. The summed E-state index contributed by atoms with van der Waals surface area (Å²) >= 11 is 6.08. The Hall–Kier alpha value is -1.65. The highest BCUT2D eigenvalue weighted by Gasteiger charge is 2.25. The van der Waals surface area contributed by atoms with Gasteiger partial charge in [-0.1, -0.05) is 66.2 Å². The van der Waals surface area contributed by atoms with Gasteiger partial charge in [0.1, 0.15) is 0 Å². The predicted molar refractivity (Wildman–Crippen MR) is 104 cm³/mol. The summed E-state index contributed by atoms with van der Waals surface area (Å²) in [4.78, 5) is 4.97. The van der Waals surface area contributed by atoms with Crippen molar-refractivity contribution >= 4 is 11.6 Å². The van der Waals surface area contributed by atoms with Crippen molar-refractivity contribution < 1.29 is 5.11 Å². The van der Waals surface area contributed by atoms with Crippen molar-refractivity contribution in [2.75, 3.05) is 39.3 Å². The summed E-state index contributed by atoms with van der Waals surface area (Å²) in [6.45, 7) is 5.14. The fourth-order valence-corrected chi connectivity index (χ4v) is 3.52. The molecule has 0 aromatic heterocycles. The smallest absolute Gasteiger partial charge is 0.0612 e. The van der Waals surface area contributed by atoms with Gasteiger partial charge in [-0.3, -0.25) is 9.80 Å². The van der Waals surface area contributed by atoms with Gasteiger partial charge in [-0.2, -0.15) is 0 Å². The van der Waals surface area contributed by atoms with Gasteiger partial charge in [0.25, 0.3) is 0 Å². The lowest BCUT2D eigenvalue weighted by Gasteiger charge is -2.39. The lowest BCUT2D eigenvalue weighted by Crippen LogP contribution is -2.47. The van der Waals surface area contributed by atoms with E-state index in [0.717, 1.165) is 37.7 Å². The third-order valence-corrected chi connectivity index (χ3v) is 4.96. The molecule has 0 unspecified atom stereocenters. The lowest BCUT2D eigenvalue weighted by molar-refractivity contribution is 0.117. The summed E-state index contributed by atoms with van der Waals surface area (Å²) in [6, 6.07) is 19.2. The maximum absolute atomic E-state index is 8.86. The van der Waals surface area contributed by atoms with E-state index >= 15 is 0 Å². The quantitative estimate of drug-likeness (QED) is 0.801. The Labute approximate surface area is 155 Å². The molecule has 1 aliphatic rings. The third-order valence-electron chi connectivity index (χ3n) is 4.71. The van der Waals surface area contributed by atoms with Gasteiger partial charge in [0.05, 0.1) is 12.6 Å². The summed E-state index contributed by atoms with van der Waals surface area (Å²) in [5.74, 6) is 0. The Kier molecular flexibility index (Phi) is 6.65. The van der Waals surface area contributed by atoms with Crippen molar-refractivity contribution in [3.05, 3.63) is 82.9 Å². The molecule has 1 N–H and O–H groups in total. The minimum Gasteiger partial charge on any atom is -0.392 e. The lowest BCUT2D eigenvalue weighted by atomic mass is 9.96. The molecule has 0 spiro atoms. The van der Waals surface area contributed by atoms with Crippen LogP contribution in [-0.2, 0) is 0 Å². The molecular formula is C21H25ClN2O. The zero-order chi connectivity index (χ0) is 17.5. The van der Waals surface area contributed by atoms with Crippen LogP contribution < -0.4 is 0 Å². The van der Waals surface area contributed by atoms with Crippen LogP contribution in [0.5, 0.6) is 0 Å². The summed E-state index contributed by atoms with van der Waals surface area (Å²) < 4.78 is 0. The molecule has 0 saturated carbocycles. The number of benzene rings is 2. The number of halogens is 1. The average Bonchev–Trinajstić information content (AvgIpc) is 2.66. The standard InChI is InChI=1S/C21H25ClN2O/c22-20-10-8-19(9-11-20)21(18-6-2-1-3-7-18)24-15-13-23(14-16-24)12-4-5-17-25/h1-11,21,25H,12-17H2/b5-4-/t21-/m1/s1. The number of aliphatic hydroxyl groups is 1. The van der Waals surface area contributed by atoms with E-state index in [-0.39, 0.29) is 12.6 Å². The Morgan fingerprint density at radius 3 is 2.16 bits per heavy atom. The van der Waals surface area contributed by atoms with Crippen LogP contribution in [0.15, 0.2) is 66.7 Å². The first-order valence-corrected chi connectivity index (χ1v) is 9.18. The van der Waals surface area contributed by atoms with Crippen LogP contribution in [0, 0.1) is 0 Å². The molecule has 132 valence electrons. The highest BCUT2D eigenvalue weighted by atomic mass is 35.5. The largest absolute Gasteiger partial charge is 0.392 e.